The third kappa shape index (κ3) is 5.38. The quantitative estimate of drug-likeness (QED) is 0.359. The van der Waals surface area contributed by atoms with Crippen molar-refractivity contribution in [2.24, 2.45) is 0 Å². The maximum atomic E-state index is 6.16. The number of likely N-dealkylation sites (tertiary alicyclic amines) is 1. The SMILES string of the molecule is Cc1oc(-c2ccc(-c3ccccc3)cc2)nc1CN1CCCC(OCc2cccnc2)C1. The number of benzene rings is 2. The second kappa shape index (κ2) is 10.1. The van der Waals surface area contributed by atoms with Crippen LogP contribution in [0.15, 0.2) is 83.5 Å². The molecular formula is C28H29N3O2. The molecule has 33 heavy (non-hydrogen) atoms. The normalized spacial score (nSPS) is 16.7. The first-order chi connectivity index (χ1) is 16.2. The number of ether oxygens (including phenoxy) is 1. The molecule has 2 aromatic carbocycles. The highest BCUT2D eigenvalue weighted by atomic mass is 16.5. The van der Waals surface area contributed by atoms with Crippen LogP contribution < -0.4 is 0 Å². The summed E-state index contributed by atoms with van der Waals surface area (Å²) in [4.78, 5) is 11.4. The van der Waals surface area contributed by atoms with Crippen LogP contribution in [0.2, 0.25) is 0 Å². The van der Waals surface area contributed by atoms with Crippen molar-refractivity contribution in [3.05, 3.63) is 96.1 Å². The molecule has 0 radical (unpaired) electrons. The first kappa shape index (κ1) is 21.6. The van der Waals surface area contributed by atoms with Crippen LogP contribution in [0, 0.1) is 6.92 Å². The Balaban J connectivity index is 1.21. The number of nitrogens with zero attached hydrogens (tertiary/aromatic N) is 3. The molecule has 168 valence electrons. The molecule has 1 unspecified atom stereocenters. The van der Waals surface area contributed by atoms with E-state index in [0.29, 0.717) is 12.5 Å². The average molecular weight is 440 g/mol. The van der Waals surface area contributed by atoms with Crippen LogP contribution in [0.4, 0.5) is 0 Å². The highest BCUT2D eigenvalue weighted by molar-refractivity contribution is 5.67. The molecule has 5 heteroatoms. The first-order valence-corrected chi connectivity index (χ1v) is 11.6. The summed E-state index contributed by atoms with van der Waals surface area (Å²) in [7, 11) is 0. The van der Waals surface area contributed by atoms with E-state index in [1.165, 1.54) is 11.1 Å². The Labute approximate surface area is 195 Å². The van der Waals surface area contributed by atoms with Crippen molar-refractivity contribution in [1.82, 2.24) is 14.9 Å². The number of rotatable bonds is 7. The molecule has 5 nitrogen and oxygen atoms in total. The highest BCUT2D eigenvalue weighted by Crippen LogP contribution is 2.27. The summed E-state index contributed by atoms with van der Waals surface area (Å²) in [5, 5.41) is 0. The predicted molar refractivity (Wildman–Crippen MR) is 129 cm³/mol. The lowest BCUT2D eigenvalue weighted by molar-refractivity contribution is -0.0124. The minimum Gasteiger partial charge on any atom is -0.441 e. The zero-order chi connectivity index (χ0) is 22.5. The molecule has 1 aliphatic heterocycles. The first-order valence-electron chi connectivity index (χ1n) is 11.6. The largest absolute Gasteiger partial charge is 0.441 e. The molecule has 0 spiro atoms. The fourth-order valence-corrected chi connectivity index (χ4v) is 4.34. The van der Waals surface area contributed by atoms with Crippen LogP contribution in [-0.4, -0.2) is 34.1 Å². The fraction of sp³-hybridized carbons (Fsp3) is 0.286. The average Bonchev–Trinajstić information content (AvgIpc) is 3.24. The molecule has 0 saturated carbocycles. The van der Waals surface area contributed by atoms with Crippen molar-refractivity contribution in [3.8, 4) is 22.6 Å². The van der Waals surface area contributed by atoms with Gasteiger partial charge in [0.05, 0.1) is 18.4 Å². The molecule has 4 aromatic rings. The van der Waals surface area contributed by atoms with Crippen LogP contribution in [0.3, 0.4) is 0 Å². The van der Waals surface area contributed by atoms with E-state index in [-0.39, 0.29) is 6.10 Å². The molecule has 5 rings (SSSR count). The predicted octanol–water partition coefficient (Wildman–Crippen LogP) is 5.89. The Morgan fingerprint density at radius 2 is 1.76 bits per heavy atom. The van der Waals surface area contributed by atoms with E-state index in [1.807, 2.05) is 25.3 Å². The van der Waals surface area contributed by atoms with Crippen molar-refractivity contribution in [2.45, 2.75) is 39.0 Å². The third-order valence-electron chi connectivity index (χ3n) is 6.18. The van der Waals surface area contributed by atoms with Gasteiger partial charge in [-0.3, -0.25) is 9.88 Å². The van der Waals surface area contributed by atoms with Crippen molar-refractivity contribution < 1.29 is 9.15 Å². The van der Waals surface area contributed by atoms with Crippen molar-refractivity contribution in [2.75, 3.05) is 13.1 Å². The maximum Gasteiger partial charge on any atom is 0.226 e. The van der Waals surface area contributed by atoms with Crippen LogP contribution in [0.25, 0.3) is 22.6 Å². The molecule has 0 aliphatic carbocycles. The molecule has 1 aliphatic rings. The lowest BCUT2D eigenvalue weighted by Crippen LogP contribution is -2.39. The molecule has 0 N–H and O–H groups in total. The van der Waals surface area contributed by atoms with Gasteiger partial charge in [0.15, 0.2) is 0 Å². The lowest BCUT2D eigenvalue weighted by atomic mass is 10.0. The van der Waals surface area contributed by atoms with Gasteiger partial charge in [0.1, 0.15) is 5.76 Å². The second-order valence-corrected chi connectivity index (χ2v) is 8.64. The van der Waals surface area contributed by atoms with Gasteiger partial charge in [-0.2, -0.15) is 0 Å². The standard InChI is InChI=1S/C28H29N3O2/c1-21-27(19-31-16-6-10-26(18-31)32-20-22-7-5-15-29-17-22)30-28(33-21)25-13-11-24(12-14-25)23-8-3-2-4-9-23/h2-5,7-9,11-15,17,26H,6,10,16,18-20H2,1H3. The Morgan fingerprint density at radius 1 is 0.970 bits per heavy atom. The van der Waals surface area contributed by atoms with E-state index in [2.05, 4.69) is 64.5 Å². The van der Waals surface area contributed by atoms with Crippen LogP contribution in [-0.2, 0) is 17.9 Å². The number of oxazole rings is 1. The van der Waals surface area contributed by atoms with Crippen LogP contribution >= 0.6 is 0 Å². The molecule has 1 atom stereocenters. The maximum absolute atomic E-state index is 6.16. The van der Waals surface area contributed by atoms with E-state index in [1.54, 1.807) is 6.20 Å². The lowest BCUT2D eigenvalue weighted by Gasteiger charge is -2.32. The molecule has 0 bridgehead atoms. The van der Waals surface area contributed by atoms with Gasteiger partial charge in [-0.15, -0.1) is 0 Å². The molecule has 1 fully saturated rings. The summed E-state index contributed by atoms with van der Waals surface area (Å²) in [5.74, 6) is 1.57. The van der Waals surface area contributed by atoms with Gasteiger partial charge in [0.2, 0.25) is 5.89 Å². The summed E-state index contributed by atoms with van der Waals surface area (Å²) < 4.78 is 12.2. The Kier molecular flexibility index (Phi) is 6.61. The van der Waals surface area contributed by atoms with Crippen molar-refractivity contribution in [1.29, 1.82) is 0 Å². The van der Waals surface area contributed by atoms with E-state index < -0.39 is 0 Å². The minimum absolute atomic E-state index is 0.233. The summed E-state index contributed by atoms with van der Waals surface area (Å²) in [6.45, 7) is 5.36. The van der Waals surface area contributed by atoms with E-state index >= 15 is 0 Å². The van der Waals surface area contributed by atoms with Gasteiger partial charge in [-0.05, 0) is 61.2 Å². The van der Waals surface area contributed by atoms with E-state index in [9.17, 15) is 0 Å². The Hall–Kier alpha value is -3.28. The Morgan fingerprint density at radius 3 is 2.55 bits per heavy atom. The van der Waals surface area contributed by atoms with Gasteiger partial charge in [-0.25, -0.2) is 4.98 Å². The van der Waals surface area contributed by atoms with Crippen LogP contribution in [0.1, 0.15) is 29.9 Å². The number of pyridine rings is 1. The molecule has 1 saturated heterocycles. The number of hydrogen-bond acceptors (Lipinski definition) is 5. The number of aryl methyl sites for hydroxylation is 1. The highest BCUT2D eigenvalue weighted by Gasteiger charge is 2.23. The zero-order valence-corrected chi connectivity index (χ0v) is 19.0. The van der Waals surface area contributed by atoms with Gasteiger partial charge < -0.3 is 9.15 Å². The number of piperidine rings is 1. The van der Waals surface area contributed by atoms with Crippen molar-refractivity contribution in [3.63, 3.8) is 0 Å². The topological polar surface area (TPSA) is 51.4 Å². The van der Waals surface area contributed by atoms with Crippen molar-refractivity contribution >= 4 is 0 Å². The second-order valence-electron chi connectivity index (χ2n) is 8.64. The summed E-state index contributed by atoms with van der Waals surface area (Å²) in [6.07, 6.45) is 6.11. The smallest absolute Gasteiger partial charge is 0.226 e. The van der Waals surface area contributed by atoms with E-state index in [0.717, 1.165) is 55.1 Å². The summed E-state index contributed by atoms with van der Waals surface area (Å²) in [5.41, 5.74) is 5.52. The molecule has 2 aromatic heterocycles. The number of aromatic nitrogens is 2. The van der Waals surface area contributed by atoms with Gasteiger partial charge >= 0.3 is 0 Å². The molecule has 3 heterocycles. The number of hydrogen-bond donors (Lipinski definition) is 0. The fourth-order valence-electron chi connectivity index (χ4n) is 4.34. The monoisotopic (exact) mass is 439 g/mol. The third-order valence-corrected chi connectivity index (χ3v) is 6.18. The Bertz CT molecular complexity index is 1160. The molecule has 0 amide bonds. The molecular weight excluding hydrogens is 410 g/mol. The minimum atomic E-state index is 0.233. The van der Waals surface area contributed by atoms with Crippen LogP contribution in [0.5, 0.6) is 0 Å². The van der Waals surface area contributed by atoms with E-state index in [4.69, 9.17) is 14.1 Å². The van der Waals surface area contributed by atoms with Gasteiger partial charge in [-0.1, -0.05) is 48.5 Å². The van der Waals surface area contributed by atoms with Gasteiger partial charge in [0.25, 0.3) is 0 Å². The van der Waals surface area contributed by atoms with Gasteiger partial charge in [0, 0.05) is 31.0 Å². The zero-order valence-electron chi connectivity index (χ0n) is 19.0. The summed E-state index contributed by atoms with van der Waals surface area (Å²) in [6, 6.07) is 22.8. The summed E-state index contributed by atoms with van der Waals surface area (Å²) >= 11 is 0.